The number of halogens is 2. The molecule has 0 radical (unpaired) electrons. The number of amides is 2. The highest BCUT2D eigenvalue weighted by Crippen LogP contribution is 2.56. The lowest BCUT2D eigenvalue weighted by Crippen LogP contribution is -2.56. The molecular formula is C26H30ClFN2O4S. The zero-order valence-corrected chi connectivity index (χ0v) is 21.2. The molecule has 1 heterocycles. The Morgan fingerprint density at radius 1 is 1.29 bits per heavy atom. The number of hydrogen-bond donors (Lipinski definition) is 2. The number of rotatable bonds is 7. The normalized spacial score (nSPS) is 23.4. The molecular weight excluding hydrogens is 491 g/mol. The monoisotopic (exact) mass is 520 g/mol. The molecule has 0 saturated heterocycles. The van der Waals surface area contributed by atoms with Gasteiger partial charge in [-0.2, -0.15) is 0 Å². The van der Waals surface area contributed by atoms with Gasteiger partial charge in [0.1, 0.15) is 16.3 Å². The van der Waals surface area contributed by atoms with Crippen LogP contribution in [0.25, 0.3) is 6.08 Å². The fourth-order valence-corrected chi connectivity index (χ4v) is 7.79. The van der Waals surface area contributed by atoms with E-state index in [1.807, 2.05) is 6.92 Å². The summed E-state index contributed by atoms with van der Waals surface area (Å²) < 4.78 is 48.5. The summed E-state index contributed by atoms with van der Waals surface area (Å²) in [5.74, 6) is -0.978. The summed E-state index contributed by atoms with van der Waals surface area (Å²) in [4.78, 5) is 12.4. The van der Waals surface area contributed by atoms with Crippen LogP contribution in [0.2, 0.25) is 5.02 Å². The van der Waals surface area contributed by atoms with Gasteiger partial charge in [-0.3, -0.25) is 0 Å². The molecule has 6 nitrogen and oxygen atoms in total. The average Bonchev–Trinajstić information content (AvgIpc) is 2.84. The topological polar surface area (TPSA) is 84.5 Å². The van der Waals surface area contributed by atoms with E-state index in [-0.39, 0.29) is 41.3 Å². The number of sulfone groups is 1. The predicted octanol–water partition coefficient (Wildman–Crippen LogP) is 5.45. The molecule has 2 aliphatic rings. The van der Waals surface area contributed by atoms with E-state index in [4.69, 9.17) is 16.3 Å². The van der Waals surface area contributed by atoms with Crippen molar-refractivity contribution in [1.82, 2.24) is 10.6 Å². The van der Waals surface area contributed by atoms with E-state index in [1.165, 1.54) is 42.5 Å². The number of carbonyl (C=O) groups is 1. The zero-order chi connectivity index (χ0) is 25.2. The van der Waals surface area contributed by atoms with Crippen molar-refractivity contribution in [3.05, 3.63) is 64.9 Å². The zero-order valence-electron chi connectivity index (χ0n) is 19.7. The van der Waals surface area contributed by atoms with Gasteiger partial charge in [-0.25, -0.2) is 17.6 Å². The minimum atomic E-state index is -4.07. The molecule has 2 aromatic carbocycles. The molecule has 4 rings (SSSR count). The molecule has 0 spiro atoms. The van der Waals surface area contributed by atoms with Crippen molar-refractivity contribution < 1.29 is 22.3 Å². The van der Waals surface area contributed by atoms with Crippen LogP contribution >= 0.6 is 11.6 Å². The number of benzene rings is 2. The number of fused-ring (bicyclic) bond motifs is 3. The number of urea groups is 1. The number of carbonyl (C=O) groups excluding carboxylic acids is 1. The first-order valence-corrected chi connectivity index (χ1v) is 13.7. The second-order valence-corrected chi connectivity index (χ2v) is 11.8. The number of hydrogen-bond acceptors (Lipinski definition) is 4. The molecule has 1 aliphatic heterocycles. The van der Waals surface area contributed by atoms with Crippen LogP contribution in [0.1, 0.15) is 50.2 Å². The smallest absolute Gasteiger partial charge is 0.315 e. The first kappa shape index (κ1) is 25.5. The van der Waals surface area contributed by atoms with Crippen LogP contribution in [0.15, 0.2) is 47.9 Å². The van der Waals surface area contributed by atoms with Gasteiger partial charge in [0.2, 0.25) is 0 Å². The van der Waals surface area contributed by atoms with Crippen LogP contribution in [0.3, 0.4) is 0 Å². The molecule has 3 atom stereocenters. The van der Waals surface area contributed by atoms with Gasteiger partial charge < -0.3 is 15.4 Å². The lowest BCUT2D eigenvalue weighted by atomic mass is 9.71. The second kappa shape index (κ2) is 10.2. The van der Waals surface area contributed by atoms with Gasteiger partial charge in [-0.1, -0.05) is 37.6 Å². The molecule has 2 amide bonds. The summed E-state index contributed by atoms with van der Waals surface area (Å²) in [6, 6.07) is 8.22. The van der Waals surface area contributed by atoms with Crippen LogP contribution in [0.5, 0.6) is 5.75 Å². The molecule has 9 heteroatoms. The maximum absolute atomic E-state index is 15.5. The summed E-state index contributed by atoms with van der Waals surface area (Å²) in [5, 5.41) is 6.20. The summed E-state index contributed by atoms with van der Waals surface area (Å²) in [6.07, 6.45) is 4.23. The second-order valence-electron chi connectivity index (χ2n) is 9.12. The van der Waals surface area contributed by atoms with Gasteiger partial charge in [0, 0.05) is 29.1 Å². The lowest BCUT2D eigenvalue weighted by Gasteiger charge is -2.49. The molecule has 188 valence electrons. The van der Waals surface area contributed by atoms with Crippen molar-refractivity contribution in [2.75, 3.05) is 13.2 Å². The summed E-state index contributed by atoms with van der Waals surface area (Å²) >= 11 is 6.01. The van der Waals surface area contributed by atoms with Crippen LogP contribution in [0.4, 0.5) is 9.18 Å². The molecule has 0 unspecified atom stereocenters. The van der Waals surface area contributed by atoms with Crippen molar-refractivity contribution in [2.45, 2.75) is 54.7 Å². The Labute approximate surface area is 210 Å². The fraction of sp³-hybridized carbons (Fsp3) is 0.423. The predicted molar refractivity (Wildman–Crippen MR) is 135 cm³/mol. The highest BCUT2D eigenvalue weighted by molar-refractivity contribution is 7.92. The van der Waals surface area contributed by atoms with Crippen molar-refractivity contribution in [3.63, 3.8) is 0 Å². The first-order chi connectivity index (χ1) is 16.7. The molecule has 0 aromatic heterocycles. The Hall–Kier alpha value is -2.58. The first-order valence-electron chi connectivity index (χ1n) is 11.9. The third-order valence-electron chi connectivity index (χ3n) is 7.06. The van der Waals surface area contributed by atoms with Gasteiger partial charge in [-0.05, 0) is 62.1 Å². The Bertz CT molecular complexity index is 1220. The van der Waals surface area contributed by atoms with Crippen LogP contribution in [0, 0.1) is 11.7 Å². The van der Waals surface area contributed by atoms with E-state index in [9.17, 15) is 13.2 Å². The highest BCUT2D eigenvalue weighted by atomic mass is 35.5. The van der Waals surface area contributed by atoms with Crippen molar-refractivity contribution in [2.24, 2.45) is 5.92 Å². The van der Waals surface area contributed by atoms with Gasteiger partial charge in [0.25, 0.3) is 0 Å². The largest absolute Gasteiger partial charge is 0.492 e. The summed E-state index contributed by atoms with van der Waals surface area (Å²) in [5.41, 5.74) is 0.591. The Morgan fingerprint density at radius 3 is 2.71 bits per heavy atom. The average molecular weight is 521 g/mol. The van der Waals surface area contributed by atoms with Crippen LogP contribution in [-0.4, -0.2) is 33.6 Å². The van der Waals surface area contributed by atoms with E-state index in [2.05, 4.69) is 17.2 Å². The third-order valence-corrected chi connectivity index (χ3v) is 9.90. The van der Waals surface area contributed by atoms with Crippen LogP contribution in [-0.2, 0) is 14.6 Å². The fourth-order valence-electron chi connectivity index (χ4n) is 5.30. The van der Waals surface area contributed by atoms with E-state index >= 15 is 4.39 Å². The highest BCUT2D eigenvalue weighted by Gasteiger charge is 2.59. The van der Waals surface area contributed by atoms with Gasteiger partial charge in [0.15, 0.2) is 9.84 Å². The maximum Gasteiger partial charge on any atom is 0.315 e. The quantitative estimate of drug-likeness (QED) is 0.475. The third kappa shape index (κ3) is 4.54. The Kier molecular flexibility index (Phi) is 7.43. The number of nitrogens with one attached hydrogen (secondary N) is 2. The number of ether oxygens (including phenoxy) is 1. The summed E-state index contributed by atoms with van der Waals surface area (Å²) in [7, 11) is -4.07. The van der Waals surface area contributed by atoms with Crippen molar-refractivity contribution in [1.29, 1.82) is 0 Å². The van der Waals surface area contributed by atoms with Gasteiger partial charge in [-0.15, -0.1) is 0 Å². The molecule has 2 N–H and O–H groups in total. The van der Waals surface area contributed by atoms with Gasteiger partial charge in [0.05, 0.1) is 17.1 Å². The summed E-state index contributed by atoms with van der Waals surface area (Å²) in [6.45, 7) is 6.47. The maximum atomic E-state index is 15.5. The SMILES string of the molecule is C=Cc1ccc(F)c2c1OC[C@H]1C[C@H](NC(=O)NCCCC)CC[C@@]21S(=O)(=O)c1ccc(Cl)cc1. The van der Waals surface area contributed by atoms with E-state index in [0.717, 1.165) is 12.8 Å². The Balaban J connectivity index is 1.77. The van der Waals surface area contributed by atoms with E-state index in [0.29, 0.717) is 30.0 Å². The minimum Gasteiger partial charge on any atom is -0.492 e. The molecule has 1 aliphatic carbocycles. The van der Waals surface area contributed by atoms with Gasteiger partial charge >= 0.3 is 6.03 Å². The van der Waals surface area contributed by atoms with Crippen molar-refractivity contribution in [3.8, 4) is 5.75 Å². The van der Waals surface area contributed by atoms with Crippen LogP contribution < -0.4 is 15.4 Å². The standard InChI is InChI=1S/C26H30ClFN2O4S/c1-3-5-14-29-25(31)30-20-12-13-26(35(32,33)21-9-7-19(27)8-10-21)18(15-20)16-34-24-17(4-2)6-11-22(28)23(24)26/h4,6-11,18,20H,2-3,5,12-16H2,1H3,(H2,29,30,31)/t18-,20-,26+/m1/s1. The number of unbranched alkanes of at least 4 members (excludes halogenated alkanes) is 1. The molecule has 1 saturated carbocycles. The van der Waals surface area contributed by atoms with E-state index < -0.39 is 26.3 Å². The molecule has 0 bridgehead atoms. The molecule has 35 heavy (non-hydrogen) atoms. The van der Waals surface area contributed by atoms with E-state index in [1.54, 1.807) is 0 Å². The molecule has 2 aromatic rings. The molecule has 1 fully saturated rings. The lowest BCUT2D eigenvalue weighted by molar-refractivity contribution is 0.113. The minimum absolute atomic E-state index is 0.0481. The Morgan fingerprint density at radius 2 is 2.03 bits per heavy atom. The van der Waals surface area contributed by atoms with Crippen molar-refractivity contribution >= 4 is 33.5 Å².